The van der Waals surface area contributed by atoms with Crippen molar-refractivity contribution in [3.63, 3.8) is 0 Å². The van der Waals surface area contributed by atoms with E-state index < -0.39 is 29.3 Å². The number of benzene rings is 1. The highest BCUT2D eigenvalue weighted by Gasteiger charge is 2.14. The number of carboxylic acid groups (broad SMARTS) is 3. The number of carboxylic acids is 3. The van der Waals surface area contributed by atoms with Gasteiger partial charge >= 0.3 is 17.9 Å². The van der Waals surface area contributed by atoms with Crippen molar-refractivity contribution in [2.45, 2.75) is 0 Å². The molecule has 0 aliphatic rings. The van der Waals surface area contributed by atoms with Crippen LogP contribution in [0.1, 0.15) is 31.3 Å². The molecule has 106 valence electrons. The molecule has 7 nitrogen and oxygen atoms in total. The summed E-state index contributed by atoms with van der Waals surface area (Å²) in [7, 11) is 0. The summed E-state index contributed by atoms with van der Waals surface area (Å²) in [5, 5.41) is 26.7. The number of pyridine rings is 1. The Kier molecular flexibility index (Phi) is 3.66. The highest BCUT2D eigenvalue weighted by molar-refractivity contribution is 5.93. The lowest BCUT2D eigenvalue weighted by Crippen LogP contribution is -2.07. The largest absolute Gasteiger partial charge is 0.478 e. The van der Waals surface area contributed by atoms with Crippen LogP contribution >= 0.6 is 0 Å². The first-order chi connectivity index (χ1) is 9.88. The average Bonchev–Trinajstić information content (AvgIpc) is 2.46. The van der Waals surface area contributed by atoms with Crippen molar-refractivity contribution in [2.24, 2.45) is 0 Å². The molecule has 1 heterocycles. The third-order valence-electron chi connectivity index (χ3n) is 2.73. The Morgan fingerprint density at radius 2 is 1.19 bits per heavy atom. The average molecular weight is 287 g/mol. The van der Waals surface area contributed by atoms with Crippen molar-refractivity contribution in [1.29, 1.82) is 0 Å². The van der Waals surface area contributed by atoms with Crippen LogP contribution in [0.3, 0.4) is 0 Å². The normalized spacial score (nSPS) is 10.1. The third-order valence-corrected chi connectivity index (χ3v) is 2.73. The Labute approximate surface area is 118 Å². The van der Waals surface area contributed by atoms with Crippen LogP contribution in [0.15, 0.2) is 36.4 Å². The van der Waals surface area contributed by atoms with Crippen LogP contribution in [0.2, 0.25) is 0 Å². The maximum absolute atomic E-state index is 11.0. The minimum absolute atomic E-state index is 0.0738. The van der Waals surface area contributed by atoms with Gasteiger partial charge in [0.25, 0.3) is 0 Å². The van der Waals surface area contributed by atoms with Crippen molar-refractivity contribution in [2.75, 3.05) is 0 Å². The molecule has 0 aliphatic heterocycles. The number of carbonyl (C=O) groups is 3. The summed E-state index contributed by atoms with van der Waals surface area (Å²) >= 11 is 0. The Morgan fingerprint density at radius 3 is 1.57 bits per heavy atom. The maximum Gasteiger partial charge on any atom is 0.354 e. The standard InChI is InChI=1S/C14H9NO6/c16-12(17)8-3-1-7(2-4-8)9-5-10(13(18)19)15-11(6-9)14(20)21/h1-6H,(H,16,17)(H,18,19)(H,20,21). The van der Waals surface area contributed by atoms with Crippen LogP contribution in [-0.4, -0.2) is 38.2 Å². The molecule has 1 aromatic heterocycles. The van der Waals surface area contributed by atoms with Gasteiger partial charge in [-0.3, -0.25) is 0 Å². The van der Waals surface area contributed by atoms with Gasteiger partial charge in [0.1, 0.15) is 11.4 Å². The summed E-state index contributed by atoms with van der Waals surface area (Å²) in [5.41, 5.74) is 0.105. The molecule has 1 aromatic carbocycles. The second kappa shape index (κ2) is 5.41. The van der Waals surface area contributed by atoms with Gasteiger partial charge in [0.2, 0.25) is 0 Å². The maximum atomic E-state index is 11.0. The van der Waals surface area contributed by atoms with E-state index in [4.69, 9.17) is 15.3 Å². The Bertz CT molecular complexity index is 703. The van der Waals surface area contributed by atoms with E-state index in [9.17, 15) is 14.4 Å². The number of hydrogen-bond acceptors (Lipinski definition) is 4. The van der Waals surface area contributed by atoms with E-state index >= 15 is 0 Å². The lowest BCUT2D eigenvalue weighted by molar-refractivity contribution is 0.0675. The van der Waals surface area contributed by atoms with Gasteiger partial charge in [0.15, 0.2) is 0 Å². The molecule has 0 saturated carbocycles. The van der Waals surface area contributed by atoms with Crippen molar-refractivity contribution < 1.29 is 29.7 Å². The van der Waals surface area contributed by atoms with Gasteiger partial charge in [-0.1, -0.05) is 12.1 Å². The van der Waals surface area contributed by atoms with Crippen LogP contribution < -0.4 is 0 Å². The number of nitrogens with zero attached hydrogens (tertiary/aromatic N) is 1. The van der Waals surface area contributed by atoms with E-state index in [2.05, 4.69) is 4.98 Å². The molecule has 0 amide bonds. The fraction of sp³-hybridized carbons (Fsp3) is 0. The van der Waals surface area contributed by atoms with Gasteiger partial charge in [-0.15, -0.1) is 0 Å². The molecule has 2 rings (SSSR count). The summed E-state index contributed by atoms with van der Waals surface area (Å²) in [6.07, 6.45) is 0. The van der Waals surface area contributed by atoms with Crippen LogP contribution in [-0.2, 0) is 0 Å². The van der Waals surface area contributed by atoms with E-state index in [-0.39, 0.29) is 5.56 Å². The van der Waals surface area contributed by atoms with Gasteiger partial charge in [0.05, 0.1) is 5.56 Å². The Morgan fingerprint density at radius 1 is 0.714 bits per heavy atom. The molecular formula is C14H9NO6. The highest BCUT2D eigenvalue weighted by Crippen LogP contribution is 2.22. The van der Waals surface area contributed by atoms with E-state index in [0.29, 0.717) is 11.1 Å². The molecule has 21 heavy (non-hydrogen) atoms. The Balaban J connectivity index is 2.54. The van der Waals surface area contributed by atoms with Gasteiger partial charge in [-0.2, -0.15) is 0 Å². The lowest BCUT2D eigenvalue weighted by atomic mass is 10.0. The minimum atomic E-state index is -1.35. The van der Waals surface area contributed by atoms with E-state index in [0.717, 1.165) is 0 Å². The quantitative estimate of drug-likeness (QED) is 0.783. The minimum Gasteiger partial charge on any atom is -0.478 e. The molecule has 0 fully saturated rings. The monoisotopic (exact) mass is 287 g/mol. The van der Waals surface area contributed by atoms with Crippen molar-refractivity contribution in [1.82, 2.24) is 4.98 Å². The third kappa shape index (κ3) is 3.03. The Hall–Kier alpha value is -3.22. The second-order valence-electron chi connectivity index (χ2n) is 4.12. The molecule has 2 aromatic rings. The van der Waals surface area contributed by atoms with Crippen LogP contribution in [0.5, 0.6) is 0 Å². The zero-order valence-electron chi connectivity index (χ0n) is 10.5. The number of aromatic carboxylic acids is 3. The van der Waals surface area contributed by atoms with Crippen LogP contribution in [0.4, 0.5) is 0 Å². The molecule has 0 radical (unpaired) electrons. The van der Waals surface area contributed by atoms with Gasteiger partial charge in [-0.05, 0) is 35.4 Å². The zero-order chi connectivity index (χ0) is 15.6. The molecule has 0 atom stereocenters. The highest BCUT2D eigenvalue weighted by atomic mass is 16.4. The summed E-state index contributed by atoms with van der Waals surface area (Å²) in [5.74, 6) is -3.78. The summed E-state index contributed by atoms with van der Waals surface area (Å²) < 4.78 is 0. The molecular weight excluding hydrogens is 278 g/mol. The van der Waals surface area contributed by atoms with Crippen LogP contribution in [0, 0.1) is 0 Å². The number of hydrogen-bond donors (Lipinski definition) is 3. The number of rotatable bonds is 4. The lowest BCUT2D eigenvalue weighted by Gasteiger charge is -2.05. The van der Waals surface area contributed by atoms with Crippen molar-refractivity contribution >= 4 is 17.9 Å². The van der Waals surface area contributed by atoms with E-state index in [1.807, 2.05) is 0 Å². The smallest absolute Gasteiger partial charge is 0.354 e. The van der Waals surface area contributed by atoms with Crippen molar-refractivity contribution in [3.8, 4) is 11.1 Å². The molecule has 3 N–H and O–H groups in total. The summed E-state index contributed by atoms with van der Waals surface area (Å²) in [4.78, 5) is 36.2. The first kappa shape index (κ1) is 14.2. The predicted octanol–water partition coefficient (Wildman–Crippen LogP) is 1.84. The van der Waals surface area contributed by atoms with E-state index in [1.165, 1.54) is 36.4 Å². The van der Waals surface area contributed by atoms with E-state index in [1.54, 1.807) is 0 Å². The molecule has 0 bridgehead atoms. The molecule has 0 saturated heterocycles. The fourth-order valence-electron chi connectivity index (χ4n) is 1.72. The topological polar surface area (TPSA) is 125 Å². The van der Waals surface area contributed by atoms with Gasteiger partial charge < -0.3 is 15.3 Å². The molecule has 0 spiro atoms. The molecule has 7 heteroatoms. The summed E-state index contributed by atoms with van der Waals surface area (Å²) in [6.45, 7) is 0. The first-order valence-corrected chi connectivity index (χ1v) is 5.71. The zero-order valence-corrected chi connectivity index (χ0v) is 10.5. The molecule has 0 unspecified atom stereocenters. The second-order valence-corrected chi connectivity index (χ2v) is 4.12. The SMILES string of the molecule is O=C(O)c1ccc(-c2cc(C(=O)O)nc(C(=O)O)c2)cc1. The summed E-state index contributed by atoms with van der Waals surface area (Å²) in [6, 6.07) is 8.08. The van der Waals surface area contributed by atoms with Gasteiger partial charge in [0, 0.05) is 0 Å². The predicted molar refractivity (Wildman–Crippen MR) is 70.6 cm³/mol. The first-order valence-electron chi connectivity index (χ1n) is 5.71. The van der Waals surface area contributed by atoms with Crippen molar-refractivity contribution in [3.05, 3.63) is 53.3 Å². The van der Waals surface area contributed by atoms with Crippen LogP contribution in [0.25, 0.3) is 11.1 Å². The fourth-order valence-corrected chi connectivity index (χ4v) is 1.72. The van der Waals surface area contributed by atoms with Gasteiger partial charge in [-0.25, -0.2) is 19.4 Å². The molecule has 0 aliphatic carbocycles. The number of aromatic nitrogens is 1.